The molecule has 5 rings (SSSR count). The zero-order valence-electron chi connectivity index (χ0n) is 20.3. The molecule has 2 aliphatic carbocycles. The molecule has 0 saturated carbocycles. The van der Waals surface area contributed by atoms with E-state index in [1.807, 2.05) is 18.2 Å². The molecule has 0 spiro atoms. The largest absolute Gasteiger partial charge is 0.513 e. The van der Waals surface area contributed by atoms with Crippen molar-refractivity contribution in [1.82, 2.24) is 9.88 Å². The Balaban J connectivity index is 1.60. The van der Waals surface area contributed by atoms with Gasteiger partial charge in [-0.1, -0.05) is 35.9 Å². The zero-order chi connectivity index (χ0) is 25.0. The fraction of sp³-hybridized carbons (Fsp3) is 0.429. The minimum Gasteiger partial charge on any atom is -0.513 e. The van der Waals surface area contributed by atoms with Crippen molar-refractivity contribution in [3.8, 4) is 0 Å². The molecule has 3 atom stereocenters. The first-order chi connectivity index (χ1) is 16.6. The molecule has 1 amide bonds. The Labute approximate surface area is 205 Å². The molecule has 7 nitrogen and oxygen atoms in total. The Hall–Kier alpha value is -3.16. The van der Waals surface area contributed by atoms with E-state index >= 15 is 0 Å². The Morgan fingerprint density at radius 3 is 2.71 bits per heavy atom. The van der Waals surface area contributed by atoms with E-state index in [2.05, 4.69) is 28.9 Å². The summed E-state index contributed by atoms with van der Waals surface area (Å²) < 4.78 is 0. The number of primary amides is 1. The van der Waals surface area contributed by atoms with Gasteiger partial charge in [-0.3, -0.25) is 14.5 Å². The van der Waals surface area contributed by atoms with E-state index in [9.17, 15) is 19.8 Å². The first-order valence-corrected chi connectivity index (χ1v) is 12.3. The number of aromatic nitrogens is 1. The molecule has 2 aromatic rings. The Morgan fingerprint density at radius 1 is 1.29 bits per heavy atom. The number of nitrogens with zero attached hydrogens (tertiary/aromatic N) is 1. The number of amides is 1. The summed E-state index contributed by atoms with van der Waals surface area (Å²) >= 11 is 0. The predicted molar refractivity (Wildman–Crippen MR) is 134 cm³/mol. The normalized spacial score (nSPS) is 28.4. The fourth-order valence-corrected chi connectivity index (χ4v) is 6.78. The molecular formula is C28H33N3O4. The monoisotopic (exact) mass is 475 g/mol. The number of nitrogens with one attached hydrogen (secondary N) is 1. The molecule has 1 saturated heterocycles. The second-order valence-corrected chi connectivity index (χ2v) is 10.5. The highest BCUT2D eigenvalue weighted by Crippen LogP contribution is 2.59. The first-order valence-electron chi connectivity index (χ1n) is 12.3. The Bertz CT molecular complexity index is 1290. The van der Waals surface area contributed by atoms with Gasteiger partial charge in [-0.15, -0.1) is 0 Å². The summed E-state index contributed by atoms with van der Waals surface area (Å²) in [7, 11) is 0. The van der Waals surface area contributed by atoms with Crippen molar-refractivity contribution < 1.29 is 15.0 Å². The van der Waals surface area contributed by atoms with Gasteiger partial charge in [0.1, 0.15) is 5.56 Å². The molecule has 35 heavy (non-hydrogen) atoms. The maximum Gasteiger partial charge on any atom is 0.261 e. The van der Waals surface area contributed by atoms with Gasteiger partial charge in [0.05, 0.1) is 11.4 Å². The number of carbonyl (C=O) groups is 1. The lowest BCUT2D eigenvalue weighted by molar-refractivity contribution is -0.169. The molecule has 184 valence electrons. The average molecular weight is 476 g/mol. The van der Waals surface area contributed by atoms with Crippen molar-refractivity contribution in [1.29, 1.82) is 0 Å². The Morgan fingerprint density at radius 2 is 2.03 bits per heavy atom. The molecule has 0 radical (unpaired) electrons. The van der Waals surface area contributed by atoms with E-state index in [1.165, 1.54) is 5.56 Å². The van der Waals surface area contributed by atoms with E-state index < -0.39 is 22.5 Å². The van der Waals surface area contributed by atoms with Gasteiger partial charge < -0.3 is 20.9 Å². The highest BCUT2D eigenvalue weighted by atomic mass is 16.3. The maximum absolute atomic E-state index is 12.6. The predicted octanol–water partition coefficient (Wildman–Crippen LogP) is 2.79. The maximum atomic E-state index is 12.6. The number of hydrogen-bond acceptors (Lipinski definition) is 5. The van der Waals surface area contributed by atoms with Crippen molar-refractivity contribution in [2.24, 2.45) is 11.1 Å². The van der Waals surface area contributed by atoms with Gasteiger partial charge in [0.15, 0.2) is 0 Å². The fourth-order valence-electron chi connectivity index (χ4n) is 6.78. The van der Waals surface area contributed by atoms with Crippen molar-refractivity contribution in [2.45, 2.75) is 57.6 Å². The van der Waals surface area contributed by atoms with Crippen molar-refractivity contribution in [2.75, 3.05) is 13.1 Å². The van der Waals surface area contributed by atoms with Crippen LogP contribution < -0.4 is 11.3 Å². The van der Waals surface area contributed by atoms with Crippen LogP contribution in [0.5, 0.6) is 0 Å². The molecule has 2 heterocycles. The number of aliphatic hydroxyl groups excluding tert-OH is 1. The summed E-state index contributed by atoms with van der Waals surface area (Å²) in [5.74, 6) is -0.575. The van der Waals surface area contributed by atoms with Gasteiger partial charge in [0.2, 0.25) is 0 Å². The number of H-pyrrole nitrogens is 1. The van der Waals surface area contributed by atoms with Crippen LogP contribution in [0.1, 0.15) is 53.9 Å². The second kappa shape index (κ2) is 8.50. The lowest BCUT2D eigenvalue weighted by Gasteiger charge is -2.64. The molecule has 1 aromatic carbocycles. The molecule has 1 aromatic heterocycles. The van der Waals surface area contributed by atoms with Gasteiger partial charge in [-0.25, -0.2) is 0 Å². The number of rotatable bonds is 5. The van der Waals surface area contributed by atoms with Crippen LogP contribution in [0.4, 0.5) is 0 Å². The van der Waals surface area contributed by atoms with Gasteiger partial charge >= 0.3 is 0 Å². The number of aromatic amines is 1. The molecule has 5 N–H and O–H groups in total. The minimum atomic E-state index is -1.12. The van der Waals surface area contributed by atoms with Gasteiger partial charge in [-0.2, -0.15) is 0 Å². The van der Waals surface area contributed by atoms with E-state index in [-0.39, 0.29) is 17.4 Å². The van der Waals surface area contributed by atoms with Crippen molar-refractivity contribution in [3.05, 3.63) is 92.1 Å². The lowest BCUT2D eigenvalue weighted by atomic mass is 9.49. The van der Waals surface area contributed by atoms with Crippen LogP contribution in [0, 0.1) is 5.41 Å². The SMILES string of the molecule is CC1=C(/C=C(\C)O)[C@]23CCN(CCc4ccccc4)[C@H](C1)[C@]2(O)Cc1cc(C(N)=O)c(=O)[nH]c1C3. The zero-order valence-corrected chi connectivity index (χ0v) is 20.3. The highest BCUT2D eigenvalue weighted by molar-refractivity contribution is 5.92. The second-order valence-electron chi connectivity index (χ2n) is 10.5. The van der Waals surface area contributed by atoms with E-state index in [1.54, 1.807) is 19.1 Å². The number of carbonyl (C=O) groups excluding carboxylic acids is 1. The topological polar surface area (TPSA) is 120 Å². The first kappa shape index (κ1) is 23.6. The third-order valence-electron chi connectivity index (χ3n) is 8.42. The number of pyridine rings is 1. The summed E-state index contributed by atoms with van der Waals surface area (Å²) in [6.45, 7) is 5.37. The van der Waals surface area contributed by atoms with Crippen LogP contribution >= 0.6 is 0 Å². The number of allylic oxidation sites excluding steroid dienone is 2. The molecule has 1 fully saturated rings. The quantitative estimate of drug-likeness (QED) is 0.496. The van der Waals surface area contributed by atoms with Crippen LogP contribution in [-0.2, 0) is 19.3 Å². The average Bonchev–Trinajstić information content (AvgIpc) is 2.80. The summed E-state index contributed by atoms with van der Waals surface area (Å²) in [6, 6.07) is 11.8. The molecule has 3 aliphatic rings. The van der Waals surface area contributed by atoms with Crippen LogP contribution in [0.2, 0.25) is 0 Å². The summed E-state index contributed by atoms with van der Waals surface area (Å²) in [4.78, 5) is 29.7. The van der Waals surface area contributed by atoms with E-state index in [4.69, 9.17) is 5.73 Å². The summed E-state index contributed by atoms with van der Waals surface area (Å²) in [5.41, 5.74) is 7.97. The number of nitrogens with two attached hydrogens (primary N) is 1. The summed E-state index contributed by atoms with van der Waals surface area (Å²) in [5, 5.41) is 22.8. The van der Waals surface area contributed by atoms with Crippen molar-refractivity contribution in [3.63, 3.8) is 0 Å². The number of hydrogen-bond donors (Lipinski definition) is 4. The number of benzene rings is 1. The van der Waals surface area contributed by atoms with E-state index in [0.29, 0.717) is 25.7 Å². The van der Waals surface area contributed by atoms with Crippen molar-refractivity contribution >= 4 is 5.91 Å². The number of aliphatic hydroxyl groups is 2. The third-order valence-corrected chi connectivity index (χ3v) is 8.42. The molecule has 7 heteroatoms. The standard InChI is InChI=1S/C28H33N3O4/c1-17-12-24-28(35)15-20-14-21(25(29)33)26(34)30-23(20)16-27(28,22(17)13-18(2)32)9-11-31(24)10-8-19-6-4-3-5-7-19/h3-7,13-14,24,32,35H,8-12,15-16H2,1-2H3,(H2,29,33)(H,30,34)/b18-13+/t24-,27-,28-/m1/s1. The number of piperidine rings is 1. The molecule has 0 unspecified atom stereocenters. The summed E-state index contributed by atoms with van der Waals surface area (Å²) in [6.07, 6.45) is 4.81. The van der Waals surface area contributed by atoms with Crippen LogP contribution in [0.25, 0.3) is 0 Å². The Kier molecular flexibility index (Phi) is 5.73. The smallest absolute Gasteiger partial charge is 0.261 e. The highest BCUT2D eigenvalue weighted by Gasteiger charge is 2.64. The minimum absolute atomic E-state index is 0.0803. The van der Waals surface area contributed by atoms with Crippen LogP contribution in [0.3, 0.4) is 0 Å². The number of fused-ring (bicyclic) bond motifs is 1. The van der Waals surface area contributed by atoms with Gasteiger partial charge in [0.25, 0.3) is 11.5 Å². The molecule has 1 aliphatic heterocycles. The van der Waals surface area contributed by atoms with E-state index in [0.717, 1.165) is 41.9 Å². The molecule has 2 bridgehead atoms. The van der Waals surface area contributed by atoms with Crippen LogP contribution in [0.15, 0.2) is 64.2 Å². The lowest BCUT2D eigenvalue weighted by Crippen LogP contribution is -2.72. The van der Waals surface area contributed by atoms with Gasteiger partial charge in [-0.05, 0) is 68.5 Å². The third kappa shape index (κ3) is 3.74. The van der Waals surface area contributed by atoms with Gasteiger partial charge in [0, 0.05) is 36.5 Å². The number of likely N-dealkylation sites (tertiary alicyclic amines) is 1. The molecular weight excluding hydrogens is 442 g/mol. The van der Waals surface area contributed by atoms with Crippen LogP contribution in [-0.4, -0.2) is 50.7 Å².